The molecule has 0 atom stereocenters. The molecule has 0 aliphatic heterocycles. The van der Waals surface area contributed by atoms with Crippen molar-refractivity contribution in [3.8, 4) is 0 Å². The Morgan fingerprint density at radius 2 is 2.00 bits per heavy atom. The maximum atomic E-state index is 10.7. The molecule has 0 saturated carbocycles. The zero-order chi connectivity index (χ0) is 10.1. The van der Waals surface area contributed by atoms with Gasteiger partial charge in [-0.25, -0.2) is 9.78 Å². The van der Waals surface area contributed by atoms with Gasteiger partial charge in [-0.1, -0.05) is 6.07 Å². The fourth-order valence-electron chi connectivity index (χ4n) is 1.27. The first-order chi connectivity index (χ1) is 6.66. The Labute approximate surface area is 80.0 Å². The topological polar surface area (TPSA) is 76.2 Å². The molecule has 0 spiro atoms. The number of hydrogen-bond donors (Lipinski definition) is 2. The van der Waals surface area contributed by atoms with Crippen molar-refractivity contribution in [1.82, 2.24) is 4.98 Å². The summed E-state index contributed by atoms with van der Waals surface area (Å²) in [6.45, 7) is 0. The molecule has 0 amide bonds. The van der Waals surface area contributed by atoms with Crippen LogP contribution in [0.5, 0.6) is 0 Å². The van der Waals surface area contributed by atoms with Crippen LogP contribution in [-0.2, 0) is 0 Å². The second-order valence-electron chi connectivity index (χ2n) is 2.95. The van der Waals surface area contributed by atoms with Crippen LogP contribution < -0.4 is 5.73 Å². The van der Waals surface area contributed by atoms with E-state index in [1.165, 1.54) is 6.07 Å². The number of aromatic nitrogens is 1. The molecule has 0 aliphatic carbocycles. The van der Waals surface area contributed by atoms with Gasteiger partial charge in [-0.15, -0.1) is 0 Å². The third-order valence-electron chi connectivity index (χ3n) is 1.96. The van der Waals surface area contributed by atoms with Crippen molar-refractivity contribution in [1.29, 1.82) is 0 Å². The van der Waals surface area contributed by atoms with Crippen molar-refractivity contribution in [2.75, 3.05) is 5.73 Å². The summed E-state index contributed by atoms with van der Waals surface area (Å²) in [5.41, 5.74) is 6.31. The Morgan fingerprint density at radius 1 is 1.29 bits per heavy atom. The van der Waals surface area contributed by atoms with Crippen molar-refractivity contribution in [3.05, 3.63) is 35.9 Å². The summed E-state index contributed by atoms with van der Waals surface area (Å²) in [5.74, 6) is -0.573. The van der Waals surface area contributed by atoms with Gasteiger partial charge in [0.15, 0.2) is 0 Å². The van der Waals surface area contributed by atoms with Gasteiger partial charge in [-0.3, -0.25) is 0 Å². The highest BCUT2D eigenvalue weighted by molar-refractivity contribution is 5.93. The van der Waals surface area contributed by atoms with Crippen LogP contribution in [-0.4, -0.2) is 16.1 Å². The molecule has 0 bridgehead atoms. The number of fused-ring (bicyclic) bond motifs is 1. The predicted molar refractivity (Wildman–Crippen MR) is 53.1 cm³/mol. The number of carboxylic acid groups (broad SMARTS) is 1. The summed E-state index contributed by atoms with van der Waals surface area (Å²) >= 11 is 0. The minimum absolute atomic E-state index is 0.218. The minimum Gasteiger partial charge on any atom is -0.478 e. The standard InChI is InChI=1S/C10H8N2O2/c11-9-4-3-6-1-2-7(10(13)14)5-8(6)12-9/h1-5H,(H2,11,12)(H,13,14). The van der Waals surface area contributed by atoms with Crippen molar-refractivity contribution in [2.24, 2.45) is 0 Å². The number of nitrogen functional groups attached to an aromatic ring is 1. The Morgan fingerprint density at radius 3 is 2.71 bits per heavy atom. The normalized spacial score (nSPS) is 10.3. The molecule has 3 N–H and O–H groups in total. The van der Waals surface area contributed by atoms with Crippen LogP contribution in [0.15, 0.2) is 30.3 Å². The lowest BCUT2D eigenvalue weighted by atomic mass is 10.1. The lowest BCUT2D eigenvalue weighted by Crippen LogP contribution is -1.96. The van der Waals surface area contributed by atoms with Crippen LogP contribution in [0.3, 0.4) is 0 Å². The molecule has 70 valence electrons. The number of hydrogen-bond acceptors (Lipinski definition) is 3. The molecule has 14 heavy (non-hydrogen) atoms. The average Bonchev–Trinajstić information content (AvgIpc) is 2.16. The molecule has 1 heterocycles. The zero-order valence-corrected chi connectivity index (χ0v) is 7.27. The third-order valence-corrected chi connectivity index (χ3v) is 1.96. The molecule has 2 rings (SSSR count). The van der Waals surface area contributed by atoms with Gasteiger partial charge in [0.05, 0.1) is 11.1 Å². The first-order valence-electron chi connectivity index (χ1n) is 4.06. The van der Waals surface area contributed by atoms with E-state index in [0.717, 1.165) is 5.39 Å². The summed E-state index contributed by atoms with van der Waals surface area (Å²) in [4.78, 5) is 14.7. The van der Waals surface area contributed by atoms with Gasteiger partial charge in [-0.05, 0) is 24.3 Å². The fourth-order valence-corrected chi connectivity index (χ4v) is 1.27. The fraction of sp³-hybridized carbons (Fsp3) is 0. The summed E-state index contributed by atoms with van der Waals surface area (Å²) in [7, 11) is 0. The van der Waals surface area contributed by atoms with Gasteiger partial charge in [0.1, 0.15) is 5.82 Å². The number of nitrogens with two attached hydrogens (primary N) is 1. The summed E-state index contributed by atoms with van der Waals surface area (Å²) in [6, 6.07) is 8.26. The second kappa shape index (κ2) is 2.99. The Bertz CT molecular complexity index is 508. The van der Waals surface area contributed by atoms with Crippen LogP contribution in [0.25, 0.3) is 10.9 Å². The lowest BCUT2D eigenvalue weighted by molar-refractivity contribution is 0.0697. The molecule has 0 fully saturated rings. The smallest absolute Gasteiger partial charge is 0.335 e. The van der Waals surface area contributed by atoms with Gasteiger partial charge in [0.2, 0.25) is 0 Å². The highest BCUT2D eigenvalue weighted by Gasteiger charge is 2.03. The number of aromatic carboxylic acids is 1. The number of pyridine rings is 1. The van der Waals surface area contributed by atoms with E-state index >= 15 is 0 Å². The molecule has 1 aromatic carbocycles. The average molecular weight is 188 g/mol. The highest BCUT2D eigenvalue weighted by atomic mass is 16.4. The van der Waals surface area contributed by atoms with E-state index in [4.69, 9.17) is 10.8 Å². The van der Waals surface area contributed by atoms with E-state index in [-0.39, 0.29) is 5.56 Å². The van der Waals surface area contributed by atoms with Crippen LogP contribution in [0, 0.1) is 0 Å². The number of nitrogens with zero attached hydrogens (tertiary/aromatic N) is 1. The zero-order valence-electron chi connectivity index (χ0n) is 7.27. The minimum atomic E-state index is -0.962. The summed E-state index contributed by atoms with van der Waals surface area (Å²) < 4.78 is 0. The van der Waals surface area contributed by atoms with Gasteiger partial charge in [-0.2, -0.15) is 0 Å². The van der Waals surface area contributed by atoms with E-state index in [1.54, 1.807) is 18.2 Å². The quantitative estimate of drug-likeness (QED) is 0.711. The van der Waals surface area contributed by atoms with Crippen molar-refractivity contribution >= 4 is 22.7 Å². The van der Waals surface area contributed by atoms with E-state index in [9.17, 15) is 4.79 Å². The molecule has 1 aromatic heterocycles. The molecule has 0 saturated heterocycles. The Hall–Kier alpha value is -2.10. The molecule has 0 radical (unpaired) electrons. The molecule has 4 nitrogen and oxygen atoms in total. The van der Waals surface area contributed by atoms with Gasteiger partial charge in [0, 0.05) is 5.39 Å². The number of carboxylic acids is 1. The largest absolute Gasteiger partial charge is 0.478 e. The van der Waals surface area contributed by atoms with Gasteiger partial charge >= 0.3 is 5.97 Å². The van der Waals surface area contributed by atoms with Crippen LogP contribution >= 0.6 is 0 Å². The van der Waals surface area contributed by atoms with Crippen LogP contribution in [0.4, 0.5) is 5.82 Å². The first kappa shape index (κ1) is 8.50. The molecule has 0 aliphatic rings. The molecular weight excluding hydrogens is 180 g/mol. The SMILES string of the molecule is Nc1ccc2ccc(C(=O)O)cc2n1. The lowest BCUT2D eigenvalue weighted by Gasteiger charge is -1.99. The Kier molecular flexibility index (Phi) is 1.81. The molecular formula is C10H8N2O2. The van der Waals surface area contributed by atoms with Crippen LogP contribution in [0.1, 0.15) is 10.4 Å². The van der Waals surface area contributed by atoms with E-state index in [0.29, 0.717) is 11.3 Å². The number of anilines is 1. The first-order valence-corrected chi connectivity index (χ1v) is 4.06. The van der Waals surface area contributed by atoms with E-state index in [2.05, 4.69) is 4.98 Å². The summed E-state index contributed by atoms with van der Waals surface area (Å²) in [5, 5.41) is 9.63. The molecule has 0 unspecified atom stereocenters. The number of carbonyl (C=O) groups is 1. The van der Waals surface area contributed by atoms with Crippen molar-refractivity contribution in [3.63, 3.8) is 0 Å². The Balaban J connectivity index is 2.69. The number of benzene rings is 1. The van der Waals surface area contributed by atoms with Gasteiger partial charge < -0.3 is 10.8 Å². The summed E-state index contributed by atoms with van der Waals surface area (Å²) in [6.07, 6.45) is 0. The highest BCUT2D eigenvalue weighted by Crippen LogP contribution is 2.15. The third kappa shape index (κ3) is 1.37. The van der Waals surface area contributed by atoms with Crippen molar-refractivity contribution < 1.29 is 9.90 Å². The predicted octanol–water partition coefficient (Wildman–Crippen LogP) is 1.52. The van der Waals surface area contributed by atoms with Gasteiger partial charge in [0.25, 0.3) is 0 Å². The monoisotopic (exact) mass is 188 g/mol. The van der Waals surface area contributed by atoms with E-state index in [1.807, 2.05) is 6.07 Å². The van der Waals surface area contributed by atoms with Crippen molar-refractivity contribution in [2.45, 2.75) is 0 Å². The number of rotatable bonds is 1. The van der Waals surface area contributed by atoms with Crippen LogP contribution in [0.2, 0.25) is 0 Å². The van der Waals surface area contributed by atoms with E-state index < -0.39 is 5.97 Å². The second-order valence-corrected chi connectivity index (χ2v) is 2.95. The maximum absolute atomic E-state index is 10.7. The molecule has 2 aromatic rings. The maximum Gasteiger partial charge on any atom is 0.335 e. The molecule has 4 heteroatoms.